The molecule has 1 rings (SSSR count). The monoisotopic (exact) mass is 189 g/mol. The smallest absolute Gasteiger partial charge is 0.0704 e. The van der Waals surface area contributed by atoms with E-state index in [0.717, 1.165) is 19.5 Å². The highest BCUT2D eigenvalue weighted by atomic mass is 16.5. The van der Waals surface area contributed by atoms with Gasteiger partial charge in [-0.1, -0.05) is 0 Å². The molecule has 0 bridgehead atoms. The Hall–Kier alpha value is -0.160. The highest BCUT2D eigenvalue weighted by Crippen LogP contribution is 2.05. The number of aliphatic hydroxyl groups excluding tert-OH is 1. The summed E-state index contributed by atoms with van der Waals surface area (Å²) in [5, 5.41) is 11.7. The Balaban J connectivity index is 1.86. The van der Waals surface area contributed by atoms with Crippen molar-refractivity contribution in [3.63, 3.8) is 0 Å². The molecule has 0 saturated carbocycles. The van der Waals surface area contributed by atoms with Crippen molar-refractivity contribution in [2.24, 2.45) is 0 Å². The van der Waals surface area contributed by atoms with Crippen LogP contribution in [0, 0.1) is 0 Å². The van der Waals surface area contributed by atoms with E-state index in [2.05, 4.69) is 5.32 Å². The van der Waals surface area contributed by atoms with Gasteiger partial charge in [0.2, 0.25) is 0 Å². The van der Waals surface area contributed by atoms with Crippen LogP contribution in [-0.4, -0.2) is 50.7 Å². The van der Waals surface area contributed by atoms with Crippen molar-refractivity contribution in [1.29, 1.82) is 0 Å². The summed E-state index contributed by atoms with van der Waals surface area (Å²) in [5.41, 5.74) is 0. The molecule has 1 heterocycles. The number of aliphatic hydroxyl groups is 1. The van der Waals surface area contributed by atoms with Gasteiger partial charge in [0.25, 0.3) is 0 Å². The quantitative estimate of drug-likeness (QED) is 0.566. The molecule has 1 atom stereocenters. The van der Waals surface area contributed by atoms with E-state index in [4.69, 9.17) is 14.6 Å². The van der Waals surface area contributed by atoms with Crippen LogP contribution >= 0.6 is 0 Å². The average molecular weight is 189 g/mol. The molecule has 0 unspecified atom stereocenters. The fraction of sp³-hybridized carbons (Fsp3) is 1.00. The molecule has 4 heteroatoms. The molecular weight excluding hydrogens is 170 g/mol. The summed E-state index contributed by atoms with van der Waals surface area (Å²) in [4.78, 5) is 0. The number of nitrogens with one attached hydrogen (secondary N) is 1. The number of piperidine rings is 1. The first-order chi connectivity index (χ1) is 6.43. The zero-order chi connectivity index (χ0) is 9.36. The lowest BCUT2D eigenvalue weighted by Gasteiger charge is -2.22. The Morgan fingerprint density at radius 3 is 2.92 bits per heavy atom. The van der Waals surface area contributed by atoms with E-state index in [1.165, 1.54) is 6.42 Å². The van der Waals surface area contributed by atoms with E-state index < -0.39 is 0 Å². The van der Waals surface area contributed by atoms with Gasteiger partial charge in [0.05, 0.1) is 32.5 Å². The van der Waals surface area contributed by atoms with E-state index in [0.29, 0.717) is 25.9 Å². The SMILES string of the molecule is OCCOCCO[C@H]1CCCNC1. The van der Waals surface area contributed by atoms with E-state index in [1.54, 1.807) is 0 Å². The Bertz CT molecular complexity index is 115. The molecule has 1 fully saturated rings. The van der Waals surface area contributed by atoms with Gasteiger partial charge in [-0.2, -0.15) is 0 Å². The van der Waals surface area contributed by atoms with Gasteiger partial charge in [0, 0.05) is 6.54 Å². The normalized spacial score (nSPS) is 23.3. The summed E-state index contributed by atoms with van der Waals surface area (Å²) < 4.78 is 10.6. The molecule has 4 nitrogen and oxygen atoms in total. The minimum absolute atomic E-state index is 0.0883. The van der Waals surface area contributed by atoms with Gasteiger partial charge in [-0.25, -0.2) is 0 Å². The molecule has 0 amide bonds. The minimum atomic E-state index is 0.0883. The van der Waals surface area contributed by atoms with Crippen LogP contribution in [-0.2, 0) is 9.47 Å². The molecule has 1 aliphatic rings. The Morgan fingerprint density at radius 1 is 1.31 bits per heavy atom. The number of hydrogen-bond donors (Lipinski definition) is 2. The van der Waals surface area contributed by atoms with Crippen molar-refractivity contribution in [2.45, 2.75) is 18.9 Å². The largest absolute Gasteiger partial charge is 0.394 e. The van der Waals surface area contributed by atoms with Gasteiger partial charge in [-0.3, -0.25) is 0 Å². The second-order valence-electron chi connectivity index (χ2n) is 3.18. The van der Waals surface area contributed by atoms with Crippen LogP contribution in [0.1, 0.15) is 12.8 Å². The van der Waals surface area contributed by atoms with Gasteiger partial charge in [0.1, 0.15) is 0 Å². The topological polar surface area (TPSA) is 50.7 Å². The first-order valence-corrected chi connectivity index (χ1v) is 4.94. The van der Waals surface area contributed by atoms with Crippen molar-refractivity contribution < 1.29 is 14.6 Å². The fourth-order valence-electron chi connectivity index (χ4n) is 1.40. The molecule has 0 radical (unpaired) electrons. The second kappa shape index (κ2) is 7.26. The Morgan fingerprint density at radius 2 is 2.23 bits per heavy atom. The van der Waals surface area contributed by atoms with Gasteiger partial charge < -0.3 is 19.9 Å². The third-order valence-corrected chi connectivity index (χ3v) is 2.07. The molecule has 2 N–H and O–H groups in total. The zero-order valence-electron chi connectivity index (χ0n) is 8.00. The minimum Gasteiger partial charge on any atom is -0.394 e. The van der Waals surface area contributed by atoms with Crippen molar-refractivity contribution in [1.82, 2.24) is 5.32 Å². The molecule has 13 heavy (non-hydrogen) atoms. The molecular formula is C9H19NO3. The number of hydrogen-bond acceptors (Lipinski definition) is 4. The van der Waals surface area contributed by atoms with Crippen LogP contribution in [0.4, 0.5) is 0 Å². The van der Waals surface area contributed by atoms with Gasteiger partial charge >= 0.3 is 0 Å². The van der Waals surface area contributed by atoms with Crippen LogP contribution in [0.2, 0.25) is 0 Å². The third-order valence-electron chi connectivity index (χ3n) is 2.07. The molecule has 1 aliphatic heterocycles. The van der Waals surface area contributed by atoms with Crippen LogP contribution in [0.5, 0.6) is 0 Å². The first kappa shape index (κ1) is 10.9. The molecule has 0 aromatic carbocycles. The van der Waals surface area contributed by atoms with Crippen molar-refractivity contribution in [2.75, 3.05) is 39.5 Å². The van der Waals surface area contributed by atoms with Crippen molar-refractivity contribution in [3.8, 4) is 0 Å². The Kier molecular flexibility index (Phi) is 6.10. The molecule has 78 valence electrons. The predicted molar refractivity (Wildman–Crippen MR) is 49.7 cm³/mol. The standard InChI is InChI=1S/C9H19NO3/c11-4-5-12-6-7-13-9-2-1-3-10-8-9/h9-11H,1-8H2/t9-/m0/s1. The summed E-state index contributed by atoms with van der Waals surface area (Å²) in [6.45, 7) is 3.78. The fourth-order valence-corrected chi connectivity index (χ4v) is 1.40. The highest BCUT2D eigenvalue weighted by Gasteiger charge is 2.12. The Labute approximate surface area is 79.2 Å². The molecule has 0 aromatic heterocycles. The third kappa shape index (κ3) is 5.21. The molecule has 0 aromatic rings. The van der Waals surface area contributed by atoms with Crippen LogP contribution < -0.4 is 5.32 Å². The summed E-state index contributed by atoms with van der Waals surface area (Å²) in [6, 6.07) is 0. The van der Waals surface area contributed by atoms with Crippen LogP contribution in [0.25, 0.3) is 0 Å². The highest BCUT2D eigenvalue weighted by molar-refractivity contribution is 4.68. The van der Waals surface area contributed by atoms with Crippen molar-refractivity contribution in [3.05, 3.63) is 0 Å². The molecule has 1 saturated heterocycles. The summed E-state index contributed by atoms with van der Waals surface area (Å²) in [5.74, 6) is 0. The lowest BCUT2D eigenvalue weighted by Crippen LogP contribution is -2.35. The second-order valence-corrected chi connectivity index (χ2v) is 3.18. The van der Waals surface area contributed by atoms with E-state index in [-0.39, 0.29) is 6.61 Å². The maximum Gasteiger partial charge on any atom is 0.0704 e. The maximum atomic E-state index is 8.44. The predicted octanol–water partition coefficient (Wildman–Crippen LogP) is -0.236. The molecule has 0 spiro atoms. The lowest BCUT2D eigenvalue weighted by atomic mass is 10.1. The average Bonchev–Trinajstić information content (AvgIpc) is 2.19. The number of rotatable bonds is 6. The number of ether oxygens (including phenoxy) is 2. The van der Waals surface area contributed by atoms with Crippen molar-refractivity contribution >= 4 is 0 Å². The zero-order valence-corrected chi connectivity index (χ0v) is 8.00. The van der Waals surface area contributed by atoms with Crippen LogP contribution in [0.15, 0.2) is 0 Å². The maximum absolute atomic E-state index is 8.44. The first-order valence-electron chi connectivity index (χ1n) is 4.94. The summed E-state index contributed by atoms with van der Waals surface area (Å²) in [7, 11) is 0. The lowest BCUT2D eigenvalue weighted by molar-refractivity contribution is -0.0102. The van der Waals surface area contributed by atoms with E-state index in [1.807, 2.05) is 0 Å². The molecule has 0 aliphatic carbocycles. The van der Waals surface area contributed by atoms with E-state index >= 15 is 0 Å². The van der Waals surface area contributed by atoms with Gasteiger partial charge in [-0.15, -0.1) is 0 Å². The van der Waals surface area contributed by atoms with E-state index in [9.17, 15) is 0 Å². The summed E-state index contributed by atoms with van der Waals surface area (Å²) in [6.07, 6.45) is 2.70. The van der Waals surface area contributed by atoms with Gasteiger partial charge in [0.15, 0.2) is 0 Å². The van der Waals surface area contributed by atoms with Gasteiger partial charge in [-0.05, 0) is 19.4 Å². The summed E-state index contributed by atoms with van der Waals surface area (Å²) >= 11 is 0. The van der Waals surface area contributed by atoms with Crippen LogP contribution in [0.3, 0.4) is 0 Å².